The van der Waals surface area contributed by atoms with Crippen molar-refractivity contribution in [2.75, 3.05) is 5.32 Å². The maximum atomic E-state index is 13.7. The number of rotatable bonds is 5. The van der Waals surface area contributed by atoms with E-state index in [0.717, 1.165) is 5.69 Å². The number of aromatic amines is 1. The lowest BCUT2D eigenvalue weighted by molar-refractivity contribution is -0.117. The molecule has 4 aromatic rings. The zero-order valence-corrected chi connectivity index (χ0v) is 20.7. The number of H-pyrrole nitrogens is 1. The number of pyridine rings is 1. The normalized spacial score (nSPS) is 15.0. The molecule has 1 aliphatic rings. The number of fused-ring (bicyclic) bond motifs is 1. The molecule has 3 heterocycles. The fraction of sp³-hybridized carbons (Fsp3) is 0.207. The Morgan fingerprint density at radius 1 is 0.973 bits per heavy atom. The monoisotopic (exact) mass is 500 g/mol. The van der Waals surface area contributed by atoms with Crippen LogP contribution in [0.4, 0.5) is 14.6 Å². The van der Waals surface area contributed by atoms with E-state index >= 15 is 0 Å². The molecular weight excluding hydrogens is 474 g/mol. The maximum absolute atomic E-state index is 13.7. The van der Waals surface area contributed by atoms with Gasteiger partial charge < -0.3 is 15.6 Å². The topological polar surface area (TPSA) is 86.9 Å². The highest BCUT2D eigenvalue weighted by atomic mass is 19.1. The molecule has 6 nitrogen and oxygen atoms in total. The Kier molecular flexibility index (Phi) is 6.11. The van der Waals surface area contributed by atoms with E-state index in [0.29, 0.717) is 45.7 Å². The number of amides is 2. The van der Waals surface area contributed by atoms with Gasteiger partial charge in [-0.25, -0.2) is 13.8 Å². The summed E-state index contributed by atoms with van der Waals surface area (Å²) in [5.74, 6) is -1.42. The number of nitrogens with zero attached hydrogens (tertiary/aromatic N) is 1. The van der Waals surface area contributed by atoms with Gasteiger partial charge in [-0.15, -0.1) is 0 Å². The number of hydrogen-bond acceptors (Lipinski definition) is 3. The molecular formula is C29H26F2N4O2. The summed E-state index contributed by atoms with van der Waals surface area (Å²) >= 11 is 0. The lowest BCUT2D eigenvalue weighted by Crippen LogP contribution is -2.49. The summed E-state index contributed by atoms with van der Waals surface area (Å²) in [7, 11) is 0. The van der Waals surface area contributed by atoms with Crippen LogP contribution in [-0.2, 0) is 11.2 Å². The fourth-order valence-electron chi connectivity index (χ4n) is 4.70. The van der Waals surface area contributed by atoms with Crippen LogP contribution in [0.3, 0.4) is 0 Å². The van der Waals surface area contributed by atoms with Crippen molar-refractivity contribution in [1.29, 1.82) is 0 Å². The molecule has 8 heteroatoms. The van der Waals surface area contributed by atoms with Crippen LogP contribution < -0.4 is 10.6 Å². The van der Waals surface area contributed by atoms with Crippen molar-refractivity contribution < 1.29 is 18.4 Å². The highest BCUT2D eigenvalue weighted by Gasteiger charge is 2.35. The fourth-order valence-corrected chi connectivity index (χ4v) is 4.70. The third-order valence-electron chi connectivity index (χ3n) is 6.57. The number of benzene rings is 2. The number of halogens is 2. The van der Waals surface area contributed by atoms with Crippen molar-refractivity contribution >= 4 is 17.6 Å². The van der Waals surface area contributed by atoms with Crippen LogP contribution >= 0.6 is 0 Å². The number of aromatic nitrogens is 2. The molecule has 3 N–H and O–H groups in total. The van der Waals surface area contributed by atoms with Crippen molar-refractivity contribution in [1.82, 2.24) is 15.3 Å². The summed E-state index contributed by atoms with van der Waals surface area (Å²) < 4.78 is 27.0. The van der Waals surface area contributed by atoms with Crippen LogP contribution in [-0.4, -0.2) is 27.3 Å². The molecule has 2 amide bonds. The van der Waals surface area contributed by atoms with Crippen LogP contribution in [0, 0.1) is 11.6 Å². The Balaban J connectivity index is 1.53. The minimum absolute atomic E-state index is 0.205. The lowest BCUT2D eigenvalue weighted by Gasteiger charge is -2.30. The molecule has 0 saturated heterocycles. The van der Waals surface area contributed by atoms with Crippen LogP contribution in [0.25, 0.3) is 22.4 Å². The minimum Gasteiger partial charge on any atom is -0.357 e. The SMILES string of the molecule is CC(C(=O)Nc1cc(-c2[nH]c3c(c2-c2ccc(F)cc2)C(=O)NC(C)(C)C3)ccn1)c1ccc(F)cc1. The van der Waals surface area contributed by atoms with E-state index in [4.69, 9.17) is 0 Å². The van der Waals surface area contributed by atoms with Gasteiger partial charge in [0.2, 0.25) is 5.91 Å². The molecule has 1 unspecified atom stereocenters. The van der Waals surface area contributed by atoms with Gasteiger partial charge in [0.05, 0.1) is 17.2 Å². The Morgan fingerprint density at radius 3 is 2.30 bits per heavy atom. The van der Waals surface area contributed by atoms with Gasteiger partial charge in [-0.3, -0.25) is 9.59 Å². The molecule has 1 atom stereocenters. The first-order valence-corrected chi connectivity index (χ1v) is 12.0. The second-order valence-electron chi connectivity index (χ2n) is 9.94. The first-order valence-electron chi connectivity index (χ1n) is 12.0. The highest BCUT2D eigenvalue weighted by Crippen LogP contribution is 2.40. The second kappa shape index (κ2) is 9.28. The largest absolute Gasteiger partial charge is 0.357 e. The highest BCUT2D eigenvalue weighted by molar-refractivity contribution is 6.07. The molecule has 0 radical (unpaired) electrons. The lowest BCUT2D eigenvalue weighted by atomic mass is 9.88. The first kappa shape index (κ1) is 24.4. The van der Waals surface area contributed by atoms with Crippen molar-refractivity contribution in [3.8, 4) is 22.4 Å². The van der Waals surface area contributed by atoms with Crippen molar-refractivity contribution in [3.05, 3.63) is 95.3 Å². The third kappa shape index (κ3) is 4.87. The van der Waals surface area contributed by atoms with E-state index in [-0.39, 0.29) is 23.4 Å². The van der Waals surface area contributed by atoms with E-state index < -0.39 is 11.5 Å². The molecule has 0 aliphatic carbocycles. The Hall–Kier alpha value is -4.33. The number of hydrogen-bond donors (Lipinski definition) is 3. The van der Waals surface area contributed by atoms with E-state index in [2.05, 4.69) is 20.6 Å². The van der Waals surface area contributed by atoms with Crippen LogP contribution in [0.1, 0.15) is 48.3 Å². The van der Waals surface area contributed by atoms with Gasteiger partial charge in [-0.05, 0) is 68.3 Å². The van der Waals surface area contributed by atoms with E-state index in [1.54, 1.807) is 49.5 Å². The van der Waals surface area contributed by atoms with E-state index in [9.17, 15) is 18.4 Å². The average molecular weight is 501 g/mol. The molecule has 0 spiro atoms. The average Bonchev–Trinajstić information content (AvgIpc) is 3.23. The van der Waals surface area contributed by atoms with E-state index in [1.807, 2.05) is 13.8 Å². The van der Waals surface area contributed by atoms with Gasteiger partial charge >= 0.3 is 0 Å². The molecule has 37 heavy (non-hydrogen) atoms. The minimum atomic E-state index is -0.524. The first-order chi connectivity index (χ1) is 17.6. The molecule has 5 rings (SSSR count). The summed E-state index contributed by atoms with van der Waals surface area (Å²) in [6.45, 7) is 5.64. The Labute approximate surface area is 213 Å². The number of carbonyl (C=O) groups excluding carboxylic acids is 2. The van der Waals surface area contributed by atoms with Crippen molar-refractivity contribution in [2.24, 2.45) is 0 Å². The standard InChI is InChI=1S/C29H26F2N4O2/c1-16(17-4-8-20(30)9-5-17)27(36)34-23-14-19(12-13-32-23)26-24(18-6-10-21(31)11-7-18)25-22(33-26)15-29(2,3)35-28(25)37/h4-14,16,33H,15H2,1-3H3,(H,35,37)(H,32,34,36). The summed E-state index contributed by atoms with van der Waals surface area (Å²) in [5, 5.41) is 5.87. The van der Waals surface area contributed by atoms with Gasteiger partial charge in [0, 0.05) is 35.0 Å². The van der Waals surface area contributed by atoms with Crippen molar-refractivity contribution in [2.45, 2.75) is 38.6 Å². The predicted octanol–water partition coefficient (Wildman–Crippen LogP) is 5.83. The Morgan fingerprint density at radius 2 is 1.62 bits per heavy atom. The van der Waals surface area contributed by atoms with Crippen molar-refractivity contribution in [3.63, 3.8) is 0 Å². The molecule has 2 aromatic heterocycles. The zero-order valence-electron chi connectivity index (χ0n) is 20.7. The number of carbonyl (C=O) groups is 2. The second-order valence-corrected chi connectivity index (χ2v) is 9.94. The molecule has 0 bridgehead atoms. The van der Waals surface area contributed by atoms with E-state index in [1.165, 1.54) is 24.3 Å². The molecule has 1 aliphatic heterocycles. The molecule has 2 aromatic carbocycles. The molecule has 0 fully saturated rings. The third-order valence-corrected chi connectivity index (χ3v) is 6.57. The summed E-state index contributed by atoms with van der Waals surface area (Å²) in [6.07, 6.45) is 2.16. The quantitative estimate of drug-likeness (QED) is 0.322. The predicted molar refractivity (Wildman–Crippen MR) is 138 cm³/mol. The summed E-state index contributed by atoms with van der Waals surface area (Å²) in [6, 6.07) is 15.3. The summed E-state index contributed by atoms with van der Waals surface area (Å²) in [4.78, 5) is 33.8. The van der Waals surface area contributed by atoms with Gasteiger partial charge in [0.1, 0.15) is 17.5 Å². The molecule has 188 valence electrons. The van der Waals surface area contributed by atoms with Crippen LogP contribution in [0.5, 0.6) is 0 Å². The van der Waals surface area contributed by atoms with Crippen LogP contribution in [0.2, 0.25) is 0 Å². The van der Waals surface area contributed by atoms with Gasteiger partial charge in [0.25, 0.3) is 5.91 Å². The van der Waals surface area contributed by atoms with Gasteiger partial charge in [0.15, 0.2) is 0 Å². The van der Waals surface area contributed by atoms with Gasteiger partial charge in [-0.1, -0.05) is 24.3 Å². The molecule has 0 saturated carbocycles. The summed E-state index contributed by atoms with van der Waals surface area (Å²) in [5.41, 5.74) is 4.29. The Bertz CT molecular complexity index is 1490. The van der Waals surface area contributed by atoms with Gasteiger partial charge in [-0.2, -0.15) is 0 Å². The maximum Gasteiger partial charge on any atom is 0.254 e. The smallest absolute Gasteiger partial charge is 0.254 e. The number of nitrogens with one attached hydrogen (secondary N) is 3. The number of anilines is 1. The van der Waals surface area contributed by atoms with Crippen LogP contribution in [0.15, 0.2) is 66.9 Å². The zero-order chi connectivity index (χ0) is 26.3.